The Hall–Kier alpha value is -2.36. The van der Waals surface area contributed by atoms with Crippen LogP contribution < -0.4 is 5.73 Å². The first-order chi connectivity index (χ1) is 9.45. The highest BCUT2D eigenvalue weighted by Gasteiger charge is 2.18. The van der Waals surface area contributed by atoms with Gasteiger partial charge in [0, 0.05) is 40.7 Å². The van der Waals surface area contributed by atoms with Gasteiger partial charge in [0.15, 0.2) is 5.65 Å². The Morgan fingerprint density at radius 3 is 2.60 bits per heavy atom. The first-order valence-electron chi connectivity index (χ1n) is 6.66. The number of anilines is 1. The molecule has 0 unspecified atom stereocenters. The van der Waals surface area contributed by atoms with Crippen LogP contribution in [0.25, 0.3) is 16.8 Å². The van der Waals surface area contributed by atoms with Crippen molar-refractivity contribution >= 4 is 11.3 Å². The molecule has 0 aliphatic carbocycles. The van der Waals surface area contributed by atoms with Gasteiger partial charge in [0.2, 0.25) is 0 Å². The predicted octanol–water partition coefficient (Wildman–Crippen LogP) is 3.28. The van der Waals surface area contributed by atoms with E-state index in [1.807, 2.05) is 47.2 Å². The summed E-state index contributed by atoms with van der Waals surface area (Å²) in [6, 6.07) is 9.81. The molecule has 3 rings (SSSR count). The third-order valence-electron chi connectivity index (χ3n) is 3.35. The third-order valence-corrected chi connectivity index (χ3v) is 3.35. The van der Waals surface area contributed by atoms with Gasteiger partial charge in [-0.05, 0) is 6.07 Å². The van der Waals surface area contributed by atoms with Crippen molar-refractivity contribution in [3.8, 4) is 11.1 Å². The molecule has 0 bridgehead atoms. The number of para-hydroxylation sites is 1. The van der Waals surface area contributed by atoms with E-state index in [9.17, 15) is 0 Å². The second-order valence-corrected chi connectivity index (χ2v) is 6.01. The molecule has 0 saturated carbocycles. The molecule has 3 aromatic rings. The third kappa shape index (κ3) is 2.13. The fraction of sp³-hybridized carbons (Fsp3) is 0.250. The molecule has 0 aliphatic heterocycles. The molecular weight excluding hydrogens is 248 g/mol. The number of rotatable bonds is 1. The highest BCUT2D eigenvalue weighted by molar-refractivity contribution is 5.75. The normalized spacial score (nSPS) is 11.9. The van der Waals surface area contributed by atoms with Gasteiger partial charge >= 0.3 is 0 Å². The lowest BCUT2D eigenvalue weighted by molar-refractivity contribution is 0.562. The van der Waals surface area contributed by atoms with Crippen molar-refractivity contribution in [2.75, 3.05) is 5.73 Å². The van der Waals surface area contributed by atoms with Crippen LogP contribution in [-0.2, 0) is 5.41 Å². The molecule has 4 nitrogen and oxygen atoms in total. The first-order valence-corrected chi connectivity index (χ1v) is 6.66. The number of benzene rings is 1. The van der Waals surface area contributed by atoms with Crippen molar-refractivity contribution in [1.82, 2.24) is 14.6 Å². The molecule has 0 saturated heterocycles. The van der Waals surface area contributed by atoms with Gasteiger partial charge in [-0.3, -0.25) is 0 Å². The summed E-state index contributed by atoms with van der Waals surface area (Å²) in [6.07, 6.45) is 3.82. The monoisotopic (exact) mass is 266 g/mol. The van der Waals surface area contributed by atoms with Gasteiger partial charge in [0.25, 0.3) is 0 Å². The molecule has 4 heteroatoms. The highest BCUT2D eigenvalue weighted by Crippen LogP contribution is 2.26. The Bertz CT molecular complexity index is 765. The molecule has 0 aliphatic rings. The number of nitrogens with two attached hydrogens (primary N) is 1. The number of hydrogen-bond acceptors (Lipinski definition) is 3. The van der Waals surface area contributed by atoms with Gasteiger partial charge in [-0.25, -0.2) is 9.50 Å². The largest absolute Gasteiger partial charge is 0.398 e. The molecule has 102 valence electrons. The Morgan fingerprint density at radius 1 is 1.15 bits per heavy atom. The number of aromatic nitrogens is 3. The smallest absolute Gasteiger partial charge is 0.155 e. The summed E-state index contributed by atoms with van der Waals surface area (Å²) in [4.78, 5) is 4.48. The first kappa shape index (κ1) is 12.7. The molecule has 0 amide bonds. The van der Waals surface area contributed by atoms with Crippen molar-refractivity contribution in [1.29, 1.82) is 0 Å². The molecule has 0 fully saturated rings. The van der Waals surface area contributed by atoms with E-state index in [4.69, 9.17) is 5.73 Å². The van der Waals surface area contributed by atoms with Gasteiger partial charge in [-0.2, -0.15) is 5.10 Å². The second-order valence-electron chi connectivity index (χ2n) is 6.01. The van der Waals surface area contributed by atoms with E-state index < -0.39 is 0 Å². The number of hydrogen-bond donors (Lipinski definition) is 1. The summed E-state index contributed by atoms with van der Waals surface area (Å²) in [5, 5.41) is 4.61. The zero-order valence-corrected chi connectivity index (χ0v) is 12.0. The van der Waals surface area contributed by atoms with Gasteiger partial charge in [0.1, 0.15) is 0 Å². The van der Waals surface area contributed by atoms with E-state index in [0.717, 1.165) is 28.2 Å². The second kappa shape index (κ2) is 4.34. The van der Waals surface area contributed by atoms with Crippen LogP contribution in [-0.4, -0.2) is 14.6 Å². The molecule has 2 N–H and O–H groups in total. The molecule has 20 heavy (non-hydrogen) atoms. The van der Waals surface area contributed by atoms with E-state index in [-0.39, 0.29) is 5.41 Å². The number of fused-ring (bicyclic) bond motifs is 1. The maximum atomic E-state index is 6.01. The van der Waals surface area contributed by atoms with Crippen LogP contribution in [0.1, 0.15) is 26.5 Å². The Balaban J connectivity index is 2.14. The van der Waals surface area contributed by atoms with Crippen LogP contribution in [0.3, 0.4) is 0 Å². The molecule has 1 aromatic carbocycles. The lowest BCUT2D eigenvalue weighted by Gasteiger charge is -2.13. The van der Waals surface area contributed by atoms with E-state index in [2.05, 4.69) is 30.9 Å². The van der Waals surface area contributed by atoms with Gasteiger partial charge < -0.3 is 5.73 Å². The molecule has 2 aromatic heterocycles. The molecule has 2 heterocycles. The number of nitrogen functional groups attached to an aromatic ring is 1. The van der Waals surface area contributed by atoms with E-state index >= 15 is 0 Å². The van der Waals surface area contributed by atoms with E-state index in [1.165, 1.54) is 0 Å². The fourth-order valence-electron chi connectivity index (χ4n) is 2.14. The summed E-state index contributed by atoms with van der Waals surface area (Å²) >= 11 is 0. The predicted molar refractivity (Wildman–Crippen MR) is 81.5 cm³/mol. The molecular formula is C16H18N4. The van der Waals surface area contributed by atoms with Crippen LogP contribution >= 0.6 is 0 Å². The zero-order valence-electron chi connectivity index (χ0n) is 12.0. The lowest BCUT2D eigenvalue weighted by Crippen LogP contribution is -2.11. The van der Waals surface area contributed by atoms with Crippen molar-refractivity contribution in [3.05, 3.63) is 48.4 Å². The minimum absolute atomic E-state index is 0.0135. The van der Waals surface area contributed by atoms with Gasteiger partial charge in [-0.15, -0.1) is 0 Å². The summed E-state index contributed by atoms with van der Waals surface area (Å²) in [6.45, 7) is 6.43. The van der Waals surface area contributed by atoms with E-state index in [0.29, 0.717) is 0 Å². The van der Waals surface area contributed by atoms with Crippen LogP contribution in [0.4, 0.5) is 5.69 Å². The van der Waals surface area contributed by atoms with Crippen LogP contribution in [0.2, 0.25) is 0 Å². The SMILES string of the molecule is CC(C)(C)c1cc2ncc(-c3ccccc3N)cn2n1. The Kier molecular flexibility index (Phi) is 2.74. The molecule has 0 atom stereocenters. The summed E-state index contributed by atoms with van der Waals surface area (Å²) in [5.74, 6) is 0. The quantitative estimate of drug-likeness (QED) is 0.688. The van der Waals surface area contributed by atoms with E-state index in [1.54, 1.807) is 0 Å². The Morgan fingerprint density at radius 2 is 1.90 bits per heavy atom. The van der Waals surface area contributed by atoms with Crippen molar-refractivity contribution in [2.24, 2.45) is 0 Å². The van der Waals surface area contributed by atoms with Crippen molar-refractivity contribution in [2.45, 2.75) is 26.2 Å². The molecule has 0 radical (unpaired) electrons. The van der Waals surface area contributed by atoms with Crippen molar-refractivity contribution < 1.29 is 0 Å². The fourth-order valence-corrected chi connectivity index (χ4v) is 2.14. The zero-order chi connectivity index (χ0) is 14.3. The number of nitrogens with zero attached hydrogens (tertiary/aromatic N) is 3. The maximum Gasteiger partial charge on any atom is 0.155 e. The lowest BCUT2D eigenvalue weighted by atomic mass is 9.93. The van der Waals surface area contributed by atoms with Crippen LogP contribution in [0.15, 0.2) is 42.7 Å². The summed E-state index contributed by atoms with van der Waals surface area (Å²) in [5.41, 5.74) is 10.6. The minimum atomic E-state index is 0.0135. The van der Waals surface area contributed by atoms with Gasteiger partial charge in [0.05, 0.1) is 5.69 Å². The summed E-state index contributed by atoms with van der Waals surface area (Å²) in [7, 11) is 0. The maximum absolute atomic E-state index is 6.01. The topological polar surface area (TPSA) is 56.2 Å². The highest BCUT2D eigenvalue weighted by atomic mass is 15.2. The van der Waals surface area contributed by atoms with Gasteiger partial charge in [-0.1, -0.05) is 39.0 Å². The van der Waals surface area contributed by atoms with Crippen LogP contribution in [0, 0.1) is 0 Å². The Labute approximate surface area is 118 Å². The summed E-state index contributed by atoms with van der Waals surface area (Å²) < 4.78 is 1.82. The molecule has 0 spiro atoms. The van der Waals surface area contributed by atoms with Crippen LogP contribution in [0.5, 0.6) is 0 Å². The average molecular weight is 266 g/mol. The standard InChI is InChI=1S/C16H18N4/c1-16(2,3)14-8-15-18-9-11(10-20(15)19-14)12-6-4-5-7-13(12)17/h4-10H,17H2,1-3H3. The van der Waals surface area contributed by atoms with Crippen molar-refractivity contribution in [3.63, 3.8) is 0 Å². The average Bonchev–Trinajstić information content (AvgIpc) is 2.82. The minimum Gasteiger partial charge on any atom is -0.398 e.